The van der Waals surface area contributed by atoms with Gasteiger partial charge in [-0.3, -0.25) is 0 Å². The Morgan fingerprint density at radius 3 is 1.33 bits per heavy atom. The Morgan fingerprint density at radius 2 is 0.875 bits per heavy atom. The Balaban J connectivity index is 1.38. The molecule has 2 N–H and O–H groups in total. The smallest absolute Gasteiger partial charge is 0.158 e. The molecule has 0 radical (unpaired) electrons. The van der Waals surface area contributed by atoms with Gasteiger partial charge < -0.3 is 19.7 Å². The zero-order valence-corrected chi connectivity index (χ0v) is 13.8. The summed E-state index contributed by atoms with van der Waals surface area (Å²) in [5.74, 6) is 7.76. The molecule has 8 fully saturated rings. The predicted octanol–water partition coefficient (Wildman–Crippen LogP) is 1.46. The molecule has 8 rings (SSSR count). The van der Waals surface area contributed by atoms with Crippen molar-refractivity contribution in [1.82, 2.24) is 0 Å². The molecular formula is C20H26O4. The van der Waals surface area contributed by atoms with Crippen LogP contribution >= 0.6 is 0 Å². The maximum atomic E-state index is 10.9. The molecule has 130 valence electrons. The van der Waals surface area contributed by atoms with Crippen molar-refractivity contribution in [3.8, 4) is 0 Å². The average molecular weight is 330 g/mol. The molecule has 2 saturated heterocycles. The van der Waals surface area contributed by atoms with E-state index in [9.17, 15) is 10.2 Å². The van der Waals surface area contributed by atoms with Crippen LogP contribution < -0.4 is 0 Å². The van der Waals surface area contributed by atoms with Crippen LogP contribution in [-0.4, -0.2) is 35.0 Å². The summed E-state index contributed by atoms with van der Waals surface area (Å²) in [5.41, 5.74) is 0. The Morgan fingerprint density at radius 1 is 0.458 bits per heavy atom. The van der Waals surface area contributed by atoms with E-state index in [0.29, 0.717) is 59.6 Å². The Labute approximate surface area is 141 Å². The van der Waals surface area contributed by atoms with E-state index in [-0.39, 0.29) is 0 Å². The van der Waals surface area contributed by atoms with Gasteiger partial charge in [0.15, 0.2) is 12.6 Å². The summed E-state index contributed by atoms with van der Waals surface area (Å²) in [6, 6.07) is 0. The molecule has 6 saturated carbocycles. The van der Waals surface area contributed by atoms with Gasteiger partial charge in [-0.1, -0.05) is 0 Å². The molecule has 0 bridgehead atoms. The molecule has 4 heteroatoms. The highest BCUT2D eigenvalue weighted by Crippen LogP contribution is 2.82. The van der Waals surface area contributed by atoms with Crippen molar-refractivity contribution in [2.75, 3.05) is 0 Å². The third-order valence-corrected chi connectivity index (χ3v) is 10.6. The summed E-state index contributed by atoms with van der Waals surface area (Å²) in [6.07, 6.45) is 4.29. The van der Waals surface area contributed by atoms with Crippen LogP contribution in [0.1, 0.15) is 25.7 Å². The summed E-state index contributed by atoms with van der Waals surface area (Å²) in [5, 5.41) is 21.9. The number of hydrogen-bond donors (Lipinski definition) is 2. The van der Waals surface area contributed by atoms with Crippen LogP contribution in [0.3, 0.4) is 0 Å². The zero-order chi connectivity index (χ0) is 15.5. The molecule has 0 aromatic rings. The Kier molecular flexibility index (Phi) is 2.05. The second-order valence-electron chi connectivity index (χ2n) is 10.4. The third kappa shape index (κ3) is 1.08. The predicted molar refractivity (Wildman–Crippen MR) is 82.1 cm³/mol. The van der Waals surface area contributed by atoms with Gasteiger partial charge in [-0.25, -0.2) is 0 Å². The third-order valence-electron chi connectivity index (χ3n) is 10.6. The first-order chi connectivity index (χ1) is 11.8. The topological polar surface area (TPSA) is 58.9 Å². The molecule has 0 aromatic heterocycles. The van der Waals surface area contributed by atoms with Gasteiger partial charge in [-0.2, -0.15) is 0 Å². The fourth-order valence-corrected chi connectivity index (χ4v) is 10.9. The van der Waals surface area contributed by atoms with Gasteiger partial charge in [0.1, 0.15) is 0 Å². The first-order valence-electron chi connectivity index (χ1n) is 10.4. The Bertz CT molecular complexity index is 583. The summed E-state index contributed by atoms with van der Waals surface area (Å²) in [7, 11) is 0. The van der Waals surface area contributed by atoms with E-state index in [4.69, 9.17) is 9.47 Å². The number of aliphatic hydroxyl groups excluding tert-OH is 2. The fourth-order valence-electron chi connectivity index (χ4n) is 10.9. The standard InChI is InChI=1S/C20H26O4/c21-19-17-11-5-1-3-7-9(5)13-15(11)16-12(18(13)20(22)23-7)6-2-4-8(24-19)10(6)14(16)17/h5-22H,1-4H2/t5-,6-,7-,8-,9-,10+,11+,12-,13+,14-,15-,16+,17+,18+,19+,20+/m1/s1. The Hall–Kier alpha value is -0.160. The van der Waals surface area contributed by atoms with Crippen LogP contribution in [-0.2, 0) is 9.47 Å². The minimum atomic E-state index is -0.521. The molecule has 2 aliphatic heterocycles. The van der Waals surface area contributed by atoms with Crippen molar-refractivity contribution in [1.29, 1.82) is 0 Å². The van der Waals surface area contributed by atoms with E-state index in [0.717, 1.165) is 36.5 Å². The largest absolute Gasteiger partial charge is 0.368 e. The molecule has 8 aliphatic rings. The van der Waals surface area contributed by atoms with Gasteiger partial charge in [0.05, 0.1) is 12.2 Å². The first kappa shape index (κ1) is 13.1. The van der Waals surface area contributed by atoms with Crippen LogP contribution in [0.5, 0.6) is 0 Å². The summed E-state index contributed by atoms with van der Waals surface area (Å²) in [4.78, 5) is 0. The second-order valence-corrected chi connectivity index (χ2v) is 10.4. The molecule has 24 heavy (non-hydrogen) atoms. The van der Waals surface area contributed by atoms with Crippen LogP contribution in [0.4, 0.5) is 0 Å². The van der Waals surface area contributed by atoms with E-state index in [1.165, 1.54) is 12.8 Å². The molecule has 16 atom stereocenters. The molecule has 0 spiro atoms. The highest BCUT2D eigenvalue weighted by atomic mass is 16.6. The van der Waals surface area contributed by atoms with Crippen molar-refractivity contribution in [2.24, 2.45) is 71.0 Å². The van der Waals surface area contributed by atoms with E-state index in [1.54, 1.807) is 0 Å². The lowest BCUT2D eigenvalue weighted by atomic mass is 9.70. The molecular weight excluding hydrogens is 304 g/mol. The molecule has 0 unspecified atom stereocenters. The van der Waals surface area contributed by atoms with Gasteiger partial charge in [-0.05, 0) is 84.9 Å². The van der Waals surface area contributed by atoms with Crippen molar-refractivity contribution in [3.63, 3.8) is 0 Å². The van der Waals surface area contributed by atoms with Crippen LogP contribution in [0.2, 0.25) is 0 Å². The number of ether oxygens (including phenoxy) is 2. The van der Waals surface area contributed by atoms with Crippen LogP contribution in [0, 0.1) is 71.0 Å². The fraction of sp³-hybridized carbons (Fsp3) is 1.00. The minimum Gasteiger partial charge on any atom is -0.368 e. The molecule has 2 heterocycles. The quantitative estimate of drug-likeness (QED) is 0.706. The monoisotopic (exact) mass is 330 g/mol. The lowest BCUT2D eigenvalue weighted by molar-refractivity contribution is -0.238. The van der Waals surface area contributed by atoms with Crippen LogP contribution in [0.15, 0.2) is 0 Å². The SMILES string of the molecule is O[C@H]1O[C@@H]2CC[C@H]3[C@@H]4[C@@H]5[C@@H]6[C@H]([C@@H]7CC[C@H]8O[C@H](O)[C@@H]4[C@H]6[C@H]78)[C@H]1[C@@H]5[C@@H]32. The normalized spacial score (nSPS) is 78.2. The maximum absolute atomic E-state index is 10.9. The second kappa shape index (κ2) is 3.76. The molecule has 0 aromatic carbocycles. The van der Waals surface area contributed by atoms with Gasteiger partial charge >= 0.3 is 0 Å². The highest BCUT2D eigenvalue weighted by Gasteiger charge is 2.81. The van der Waals surface area contributed by atoms with Gasteiger partial charge in [0.2, 0.25) is 0 Å². The van der Waals surface area contributed by atoms with Crippen molar-refractivity contribution in [3.05, 3.63) is 0 Å². The van der Waals surface area contributed by atoms with E-state index in [2.05, 4.69) is 0 Å². The summed E-state index contributed by atoms with van der Waals surface area (Å²) in [6.45, 7) is 0. The maximum Gasteiger partial charge on any atom is 0.158 e. The van der Waals surface area contributed by atoms with Gasteiger partial charge in [0.25, 0.3) is 0 Å². The lowest BCUT2D eigenvalue weighted by Gasteiger charge is -2.44. The highest BCUT2D eigenvalue weighted by molar-refractivity contribution is 5.27. The number of rotatable bonds is 0. The van der Waals surface area contributed by atoms with Crippen LogP contribution in [0.25, 0.3) is 0 Å². The van der Waals surface area contributed by atoms with Gasteiger partial charge in [-0.15, -0.1) is 0 Å². The molecule has 0 amide bonds. The number of hydrogen-bond acceptors (Lipinski definition) is 4. The van der Waals surface area contributed by atoms with Crippen molar-refractivity contribution in [2.45, 2.75) is 50.5 Å². The average Bonchev–Trinajstić information content (AvgIpc) is 3.29. The molecule has 4 nitrogen and oxygen atoms in total. The molecule has 6 aliphatic carbocycles. The summed E-state index contributed by atoms with van der Waals surface area (Å²) >= 11 is 0. The van der Waals surface area contributed by atoms with Gasteiger partial charge in [0, 0.05) is 11.8 Å². The minimum absolute atomic E-state index is 0.294. The van der Waals surface area contributed by atoms with Crippen molar-refractivity contribution >= 4 is 0 Å². The zero-order valence-electron chi connectivity index (χ0n) is 13.8. The van der Waals surface area contributed by atoms with E-state index < -0.39 is 12.6 Å². The van der Waals surface area contributed by atoms with E-state index >= 15 is 0 Å². The number of aliphatic hydroxyl groups is 2. The first-order valence-corrected chi connectivity index (χ1v) is 10.4. The summed E-state index contributed by atoms with van der Waals surface area (Å²) < 4.78 is 12.4. The van der Waals surface area contributed by atoms with E-state index in [1.807, 2.05) is 0 Å². The number of fused-ring (bicyclic) bond motifs is 4. The lowest BCUT2D eigenvalue weighted by Crippen LogP contribution is -2.48. The van der Waals surface area contributed by atoms with Crippen molar-refractivity contribution < 1.29 is 19.7 Å².